The molecular weight excluding hydrogens is 296 g/mol. The lowest BCUT2D eigenvalue weighted by molar-refractivity contribution is 0.638. The van der Waals surface area contributed by atoms with Crippen molar-refractivity contribution in [3.8, 4) is 0 Å². The van der Waals surface area contributed by atoms with E-state index in [1.54, 1.807) is 12.3 Å². The Morgan fingerprint density at radius 3 is 2.86 bits per heavy atom. The van der Waals surface area contributed by atoms with Crippen molar-refractivity contribution in [3.63, 3.8) is 0 Å². The van der Waals surface area contributed by atoms with Crippen LogP contribution in [0.15, 0.2) is 23.1 Å². The molecule has 0 aliphatic carbocycles. The molecule has 4 heteroatoms. The average Bonchev–Trinajstić information content (AvgIpc) is 2.16. The summed E-state index contributed by atoms with van der Waals surface area (Å²) in [5.74, 6) is -0.467. The number of aryl methyl sites for hydroxylation is 1. The molecule has 0 atom stereocenters. The molecule has 0 saturated heterocycles. The second-order valence-electron chi connectivity index (χ2n) is 3.08. The molecule has 1 aromatic carbocycles. The van der Waals surface area contributed by atoms with Crippen LogP contribution in [0.1, 0.15) is 5.56 Å². The SMILES string of the molecule is Cc1ccc(F)c2c(=O)c(I)c[nH]c12. The van der Waals surface area contributed by atoms with E-state index in [9.17, 15) is 9.18 Å². The predicted molar refractivity (Wildman–Crippen MR) is 62.0 cm³/mol. The van der Waals surface area contributed by atoms with Gasteiger partial charge in [0, 0.05) is 6.20 Å². The van der Waals surface area contributed by atoms with Crippen molar-refractivity contribution < 1.29 is 4.39 Å². The number of H-pyrrole nitrogens is 1. The molecule has 1 N–H and O–H groups in total. The molecule has 0 aliphatic heterocycles. The minimum Gasteiger partial charge on any atom is -0.360 e. The Kier molecular flexibility index (Phi) is 2.30. The molecule has 0 radical (unpaired) electrons. The van der Waals surface area contributed by atoms with E-state index < -0.39 is 5.82 Å². The van der Waals surface area contributed by atoms with Crippen LogP contribution in [0.2, 0.25) is 0 Å². The van der Waals surface area contributed by atoms with Gasteiger partial charge in [-0.05, 0) is 41.1 Å². The fraction of sp³-hybridized carbons (Fsp3) is 0.100. The molecule has 0 amide bonds. The highest BCUT2D eigenvalue weighted by Crippen LogP contribution is 2.16. The van der Waals surface area contributed by atoms with Crippen LogP contribution in [0.25, 0.3) is 10.9 Å². The van der Waals surface area contributed by atoms with Crippen LogP contribution >= 0.6 is 22.6 Å². The fourth-order valence-corrected chi connectivity index (χ4v) is 1.84. The number of fused-ring (bicyclic) bond motifs is 1. The van der Waals surface area contributed by atoms with Crippen LogP contribution in [0.3, 0.4) is 0 Å². The molecule has 0 saturated carbocycles. The van der Waals surface area contributed by atoms with E-state index in [0.29, 0.717) is 9.09 Å². The predicted octanol–water partition coefficient (Wildman–Crippen LogP) is 2.58. The van der Waals surface area contributed by atoms with Gasteiger partial charge in [0.1, 0.15) is 5.82 Å². The van der Waals surface area contributed by atoms with Crippen LogP contribution in [0.5, 0.6) is 0 Å². The highest BCUT2D eigenvalue weighted by atomic mass is 127. The molecular formula is C10H7FINO. The topological polar surface area (TPSA) is 32.9 Å². The number of pyridine rings is 1. The second kappa shape index (κ2) is 3.34. The largest absolute Gasteiger partial charge is 0.360 e. The van der Waals surface area contributed by atoms with E-state index in [0.717, 1.165) is 5.56 Å². The number of benzene rings is 1. The summed E-state index contributed by atoms with van der Waals surface area (Å²) in [6, 6.07) is 2.98. The fourth-order valence-electron chi connectivity index (χ4n) is 1.41. The number of hydrogen-bond acceptors (Lipinski definition) is 1. The molecule has 2 nitrogen and oxygen atoms in total. The van der Waals surface area contributed by atoms with Gasteiger partial charge in [-0.3, -0.25) is 4.79 Å². The Morgan fingerprint density at radius 2 is 2.14 bits per heavy atom. The van der Waals surface area contributed by atoms with Gasteiger partial charge in [0.05, 0.1) is 14.5 Å². The van der Waals surface area contributed by atoms with Gasteiger partial charge in [-0.2, -0.15) is 0 Å². The maximum Gasteiger partial charge on any atom is 0.205 e. The van der Waals surface area contributed by atoms with Crippen molar-refractivity contribution >= 4 is 33.5 Å². The number of hydrogen-bond donors (Lipinski definition) is 1. The highest BCUT2D eigenvalue weighted by molar-refractivity contribution is 14.1. The summed E-state index contributed by atoms with van der Waals surface area (Å²) >= 11 is 1.89. The van der Waals surface area contributed by atoms with Crippen molar-refractivity contribution in [3.05, 3.63) is 43.5 Å². The lowest BCUT2D eigenvalue weighted by Gasteiger charge is -2.02. The normalized spacial score (nSPS) is 10.8. The average molecular weight is 303 g/mol. The van der Waals surface area contributed by atoms with Gasteiger partial charge in [-0.1, -0.05) is 6.07 Å². The van der Waals surface area contributed by atoms with E-state index in [1.807, 2.05) is 29.5 Å². The summed E-state index contributed by atoms with van der Waals surface area (Å²) in [5.41, 5.74) is 1.20. The minimum atomic E-state index is -0.467. The lowest BCUT2D eigenvalue weighted by atomic mass is 10.1. The van der Waals surface area contributed by atoms with E-state index in [2.05, 4.69) is 4.98 Å². The minimum absolute atomic E-state index is 0.150. The Balaban J connectivity index is 3.09. The van der Waals surface area contributed by atoms with Crippen molar-refractivity contribution in [2.45, 2.75) is 6.92 Å². The number of halogens is 2. The molecule has 2 aromatic rings. The third-order valence-corrected chi connectivity index (χ3v) is 2.95. The molecule has 0 unspecified atom stereocenters. The van der Waals surface area contributed by atoms with Gasteiger partial charge in [-0.25, -0.2) is 4.39 Å². The zero-order valence-electron chi connectivity index (χ0n) is 7.40. The first-order valence-electron chi connectivity index (χ1n) is 4.07. The first-order valence-corrected chi connectivity index (χ1v) is 5.15. The Labute approximate surface area is 93.3 Å². The van der Waals surface area contributed by atoms with Crippen molar-refractivity contribution in [2.75, 3.05) is 0 Å². The van der Waals surface area contributed by atoms with Crippen LogP contribution < -0.4 is 5.43 Å². The third kappa shape index (κ3) is 1.33. The first-order chi connectivity index (χ1) is 6.61. The maximum atomic E-state index is 13.4. The summed E-state index contributed by atoms with van der Waals surface area (Å²) in [6.45, 7) is 1.84. The summed E-state index contributed by atoms with van der Waals surface area (Å²) in [5, 5.41) is 0.150. The standard InChI is InChI=1S/C10H7FINO/c1-5-2-3-6(11)8-9(5)13-4-7(12)10(8)14/h2-4H,1H3,(H,13,14). The molecule has 1 heterocycles. The van der Waals surface area contributed by atoms with Gasteiger partial charge in [0.25, 0.3) is 0 Å². The number of nitrogens with one attached hydrogen (secondary N) is 1. The summed E-state index contributed by atoms with van der Waals surface area (Å²) in [4.78, 5) is 14.6. The van der Waals surface area contributed by atoms with E-state index in [4.69, 9.17) is 0 Å². The van der Waals surface area contributed by atoms with Crippen LogP contribution in [0.4, 0.5) is 4.39 Å². The quantitative estimate of drug-likeness (QED) is 0.746. The van der Waals surface area contributed by atoms with Gasteiger partial charge >= 0.3 is 0 Å². The van der Waals surface area contributed by atoms with Crippen molar-refractivity contribution in [1.29, 1.82) is 0 Å². The summed E-state index contributed by atoms with van der Waals surface area (Å²) in [6.07, 6.45) is 1.59. The zero-order chi connectivity index (χ0) is 10.3. The van der Waals surface area contributed by atoms with E-state index in [-0.39, 0.29) is 10.8 Å². The van der Waals surface area contributed by atoms with Gasteiger partial charge in [0.2, 0.25) is 5.43 Å². The number of rotatable bonds is 0. The lowest BCUT2D eigenvalue weighted by Crippen LogP contribution is -2.08. The Morgan fingerprint density at radius 1 is 1.43 bits per heavy atom. The molecule has 72 valence electrons. The van der Waals surface area contributed by atoms with E-state index in [1.165, 1.54) is 6.07 Å². The van der Waals surface area contributed by atoms with Crippen molar-refractivity contribution in [1.82, 2.24) is 4.98 Å². The molecule has 0 bridgehead atoms. The highest BCUT2D eigenvalue weighted by Gasteiger charge is 2.09. The number of aromatic amines is 1. The molecule has 14 heavy (non-hydrogen) atoms. The smallest absolute Gasteiger partial charge is 0.205 e. The monoisotopic (exact) mass is 303 g/mol. The maximum absolute atomic E-state index is 13.4. The first kappa shape index (κ1) is 9.64. The van der Waals surface area contributed by atoms with Gasteiger partial charge < -0.3 is 4.98 Å². The second-order valence-corrected chi connectivity index (χ2v) is 4.24. The molecule has 0 aliphatic rings. The Hall–Kier alpha value is -0.910. The summed E-state index contributed by atoms with van der Waals surface area (Å²) in [7, 11) is 0. The molecule has 1 aromatic heterocycles. The van der Waals surface area contributed by atoms with Gasteiger partial charge in [-0.15, -0.1) is 0 Å². The van der Waals surface area contributed by atoms with Crippen LogP contribution in [0, 0.1) is 16.3 Å². The van der Waals surface area contributed by atoms with Crippen molar-refractivity contribution in [2.24, 2.45) is 0 Å². The van der Waals surface area contributed by atoms with Crippen LogP contribution in [-0.4, -0.2) is 4.98 Å². The van der Waals surface area contributed by atoms with Gasteiger partial charge in [0.15, 0.2) is 0 Å². The Bertz CT molecular complexity index is 562. The zero-order valence-corrected chi connectivity index (χ0v) is 9.55. The van der Waals surface area contributed by atoms with Crippen LogP contribution in [-0.2, 0) is 0 Å². The number of aromatic nitrogens is 1. The molecule has 0 fully saturated rings. The van der Waals surface area contributed by atoms with E-state index >= 15 is 0 Å². The third-order valence-electron chi connectivity index (χ3n) is 2.15. The molecule has 2 rings (SSSR count). The summed E-state index contributed by atoms with van der Waals surface area (Å²) < 4.78 is 13.9. The molecule has 0 spiro atoms.